The molecule has 0 aliphatic carbocycles. The lowest BCUT2D eigenvalue weighted by Crippen LogP contribution is -1.87. The summed E-state index contributed by atoms with van der Waals surface area (Å²) < 4.78 is 0. The molecule has 0 amide bonds. The van der Waals surface area contributed by atoms with Gasteiger partial charge in [0.25, 0.3) is 0 Å². The Morgan fingerprint density at radius 3 is 2.40 bits per heavy atom. The Morgan fingerprint density at radius 2 is 2.00 bits per heavy atom. The van der Waals surface area contributed by atoms with Crippen LogP contribution in [0, 0.1) is 5.92 Å². The summed E-state index contributed by atoms with van der Waals surface area (Å²) in [6, 6.07) is 0. The van der Waals surface area contributed by atoms with Crippen LogP contribution in [0.15, 0.2) is 12.3 Å². The van der Waals surface area contributed by atoms with Crippen LogP contribution in [0.3, 0.4) is 0 Å². The van der Waals surface area contributed by atoms with Gasteiger partial charge in [0.2, 0.25) is 0 Å². The van der Waals surface area contributed by atoms with Gasteiger partial charge >= 0.3 is 0 Å². The van der Waals surface area contributed by atoms with Crippen molar-refractivity contribution >= 4 is 0 Å². The van der Waals surface area contributed by atoms with Crippen LogP contribution >= 0.6 is 0 Å². The van der Waals surface area contributed by atoms with Crippen molar-refractivity contribution in [3.8, 4) is 0 Å². The fourth-order valence-corrected chi connectivity index (χ4v) is 0.882. The molecule has 0 aromatic heterocycles. The van der Waals surface area contributed by atoms with Crippen molar-refractivity contribution in [1.82, 2.24) is 0 Å². The monoisotopic (exact) mass is 142 g/mol. The third kappa shape index (κ3) is 7.54. The molecule has 0 radical (unpaired) electrons. The van der Waals surface area contributed by atoms with Gasteiger partial charge in [-0.15, -0.1) is 0 Å². The predicted molar refractivity (Wildman–Crippen MR) is 45.1 cm³/mol. The van der Waals surface area contributed by atoms with Crippen LogP contribution in [0.5, 0.6) is 0 Å². The maximum absolute atomic E-state index is 8.72. The molecule has 1 nitrogen and oxygen atoms in total. The third-order valence-corrected chi connectivity index (χ3v) is 1.50. The van der Waals surface area contributed by atoms with Crippen molar-refractivity contribution in [1.29, 1.82) is 0 Å². The van der Waals surface area contributed by atoms with E-state index in [9.17, 15) is 0 Å². The minimum absolute atomic E-state index is 0.323. The van der Waals surface area contributed by atoms with Crippen LogP contribution in [-0.2, 0) is 0 Å². The molecular weight excluding hydrogens is 124 g/mol. The molecule has 10 heavy (non-hydrogen) atoms. The smallest absolute Gasteiger partial charge is 0.0851 e. The molecule has 0 aromatic rings. The van der Waals surface area contributed by atoms with Crippen LogP contribution < -0.4 is 0 Å². The van der Waals surface area contributed by atoms with Crippen molar-refractivity contribution in [2.45, 2.75) is 39.5 Å². The highest BCUT2D eigenvalue weighted by molar-refractivity contribution is 4.77. The second-order valence-electron chi connectivity index (χ2n) is 3.21. The van der Waals surface area contributed by atoms with Gasteiger partial charge in [-0.05, 0) is 12.3 Å². The summed E-state index contributed by atoms with van der Waals surface area (Å²) in [7, 11) is 0. The molecule has 0 aromatic carbocycles. The zero-order valence-electron chi connectivity index (χ0n) is 7.06. The third-order valence-electron chi connectivity index (χ3n) is 1.50. The number of hydrogen-bond donors (Lipinski definition) is 1. The number of unbranched alkanes of at least 4 members (excludes halogenated alkanes) is 1. The first kappa shape index (κ1) is 9.54. The topological polar surface area (TPSA) is 20.2 Å². The quantitative estimate of drug-likeness (QED) is 0.461. The minimum atomic E-state index is 0.323. The highest BCUT2D eigenvalue weighted by Gasteiger charge is 1.94. The van der Waals surface area contributed by atoms with Crippen LogP contribution in [0.1, 0.15) is 39.5 Å². The van der Waals surface area contributed by atoms with Gasteiger partial charge in [-0.2, -0.15) is 0 Å². The summed E-state index contributed by atoms with van der Waals surface area (Å²) >= 11 is 0. The van der Waals surface area contributed by atoms with Gasteiger partial charge in [-0.25, -0.2) is 0 Å². The van der Waals surface area contributed by atoms with Gasteiger partial charge in [0.15, 0.2) is 0 Å². The summed E-state index contributed by atoms with van der Waals surface area (Å²) in [5.41, 5.74) is 0. The van der Waals surface area contributed by atoms with E-state index in [0.717, 1.165) is 18.8 Å². The number of aliphatic hydroxyl groups excluding tert-OH is 1. The van der Waals surface area contributed by atoms with Crippen molar-refractivity contribution < 1.29 is 5.11 Å². The van der Waals surface area contributed by atoms with Gasteiger partial charge < -0.3 is 5.11 Å². The summed E-state index contributed by atoms with van der Waals surface area (Å²) in [6.07, 6.45) is 4.31. The van der Waals surface area contributed by atoms with E-state index in [1.807, 2.05) is 0 Å². The number of rotatable bonds is 5. The summed E-state index contributed by atoms with van der Waals surface area (Å²) in [4.78, 5) is 0. The van der Waals surface area contributed by atoms with E-state index >= 15 is 0 Å². The number of allylic oxidation sites excluding steroid dienone is 1. The maximum atomic E-state index is 8.72. The van der Waals surface area contributed by atoms with Gasteiger partial charge in [0.05, 0.1) is 5.76 Å². The van der Waals surface area contributed by atoms with E-state index in [0.29, 0.717) is 5.76 Å². The second kappa shape index (κ2) is 5.33. The summed E-state index contributed by atoms with van der Waals surface area (Å²) in [5.74, 6) is 1.11. The first-order chi connectivity index (χ1) is 4.63. The SMILES string of the molecule is C=C(O)CCCCC(C)C. The molecule has 0 heterocycles. The van der Waals surface area contributed by atoms with Crippen molar-refractivity contribution in [3.63, 3.8) is 0 Å². The molecule has 60 valence electrons. The number of hydrogen-bond acceptors (Lipinski definition) is 1. The Bertz CT molecular complexity index is 94.9. The molecule has 1 N–H and O–H groups in total. The predicted octanol–water partition coefficient (Wildman–Crippen LogP) is 3.27. The number of aliphatic hydroxyl groups is 1. The molecule has 0 rings (SSSR count). The lowest BCUT2D eigenvalue weighted by Gasteiger charge is -2.02. The standard InChI is InChI=1S/C9H18O/c1-8(2)6-4-5-7-9(3)10/h8,10H,3-7H2,1-2H3. The van der Waals surface area contributed by atoms with Gasteiger partial charge in [-0.1, -0.05) is 33.3 Å². The van der Waals surface area contributed by atoms with E-state index < -0.39 is 0 Å². The van der Waals surface area contributed by atoms with E-state index in [1.165, 1.54) is 12.8 Å². The molecule has 0 atom stereocenters. The van der Waals surface area contributed by atoms with Crippen molar-refractivity contribution in [2.75, 3.05) is 0 Å². The molecule has 0 saturated carbocycles. The molecular formula is C9H18O. The Labute approximate surface area is 63.8 Å². The van der Waals surface area contributed by atoms with Gasteiger partial charge in [0.1, 0.15) is 0 Å². The summed E-state index contributed by atoms with van der Waals surface area (Å²) in [6.45, 7) is 7.86. The first-order valence-corrected chi connectivity index (χ1v) is 3.99. The molecule has 0 saturated heterocycles. The fourth-order valence-electron chi connectivity index (χ4n) is 0.882. The first-order valence-electron chi connectivity index (χ1n) is 3.99. The Morgan fingerprint density at radius 1 is 1.40 bits per heavy atom. The highest BCUT2D eigenvalue weighted by atomic mass is 16.3. The lowest BCUT2D eigenvalue weighted by atomic mass is 10.1. The zero-order chi connectivity index (χ0) is 7.98. The zero-order valence-corrected chi connectivity index (χ0v) is 7.06. The second-order valence-corrected chi connectivity index (χ2v) is 3.21. The van der Waals surface area contributed by atoms with Crippen LogP contribution in [0.2, 0.25) is 0 Å². The highest BCUT2D eigenvalue weighted by Crippen LogP contribution is 2.09. The van der Waals surface area contributed by atoms with E-state index in [2.05, 4.69) is 20.4 Å². The van der Waals surface area contributed by atoms with Crippen molar-refractivity contribution in [2.24, 2.45) is 5.92 Å². The molecule has 0 aliphatic heterocycles. The molecule has 0 unspecified atom stereocenters. The van der Waals surface area contributed by atoms with Crippen LogP contribution in [0.4, 0.5) is 0 Å². The largest absolute Gasteiger partial charge is 0.513 e. The van der Waals surface area contributed by atoms with Gasteiger partial charge in [0, 0.05) is 6.42 Å². The Kier molecular flexibility index (Phi) is 5.09. The Balaban J connectivity index is 2.98. The minimum Gasteiger partial charge on any atom is -0.513 e. The van der Waals surface area contributed by atoms with Crippen molar-refractivity contribution in [3.05, 3.63) is 12.3 Å². The molecule has 0 spiro atoms. The lowest BCUT2D eigenvalue weighted by molar-refractivity contribution is 0.380. The van der Waals surface area contributed by atoms with E-state index in [4.69, 9.17) is 5.11 Å². The average Bonchev–Trinajstić information content (AvgIpc) is 1.79. The maximum Gasteiger partial charge on any atom is 0.0851 e. The molecule has 0 bridgehead atoms. The van der Waals surface area contributed by atoms with E-state index in [-0.39, 0.29) is 0 Å². The molecule has 0 aliphatic rings. The fraction of sp³-hybridized carbons (Fsp3) is 0.778. The Hall–Kier alpha value is -0.460. The van der Waals surface area contributed by atoms with E-state index in [1.54, 1.807) is 0 Å². The van der Waals surface area contributed by atoms with Gasteiger partial charge in [-0.3, -0.25) is 0 Å². The molecule has 0 fully saturated rings. The average molecular weight is 142 g/mol. The summed E-state index contributed by atoms with van der Waals surface area (Å²) in [5, 5.41) is 8.72. The van der Waals surface area contributed by atoms with Crippen LogP contribution in [-0.4, -0.2) is 5.11 Å². The normalized spacial score (nSPS) is 10.3. The van der Waals surface area contributed by atoms with Crippen LogP contribution in [0.25, 0.3) is 0 Å². The molecule has 1 heteroatoms.